The van der Waals surface area contributed by atoms with Gasteiger partial charge in [-0.3, -0.25) is 4.79 Å². The number of hydrogen-bond donors (Lipinski definition) is 2. The summed E-state index contributed by atoms with van der Waals surface area (Å²) < 4.78 is 5.60. The highest BCUT2D eigenvalue weighted by Gasteiger charge is 2.28. The number of amides is 1. The second kappa shape index (κ2) is 6.37. The Hall–Kier alpha value is -1.39. The van der Waals surface area contributed by atoms with Crippen molar-refractivity contribution in [2.24, 2.45) is 5.73 Å². The van der Waals surface area contributed by atoms with E-state index < -0.39 is 6.10 Å². The summed E-state index contributed by atoms with van der Waals surface area (Å²) in [7, 11) is 0. The number of rotatable bonds is 5. The van der Waals surface area contributed by atoms with Gasteiger partial charge in [0.05, 0.1) is 6.10 Å². The van der Waals surface area contributed by atoms with E-state index >= 15 is 0 Å². The van der Waals surface area contributed by atoms with Crippen molar-refractivity contribution in [2.45, 2.75) is 52.4 Å². The normalized spacial score (nSPS) is 22.1. The first kappa shape index (κ1) is 15.0. The molecule has 1 aromatic rings. The van der Waals surface area contributed by atoms with Crippen LogP contribution < -0.4 is 11.1 Å². The van der Waals surface area contributed by atoms with Crippen LogP contribution in [0.1, 0.15) is 35.1 Å². The van der Waals surface area contributed by atoms with E-state index in [0.717, 1.165) is 25.9 Å². The predicted molar refractivity (Wildman–Crippen MR) is 79.4 cm³/mol. The molecule has 2 atom stereocenters. The summed E-state index contributed by atoms with van der Waals surface area (Å²) in [4.78, 5) is 11.0. The van der Waals surface area contributed by atoms with Gasteiger partial charge in [0.2, 0.25) is 5.91 Å². The summed E-state index contributed by atoms with van der Waals surface area (Å²) >= 11 is 0. The minimum atomic E-state index is -0.398. The Morgan fingerprint density at radius 1 is 1.30 bits per heavy atom. The molecule has 4 heteroatoms. The molecule has 0 radical (unpaired) electrons. The van der Waals surface area contributed by atoms with Crippen LogP contribution in [0.4, 0.5) is 0 Å². The van der Waals surface area contributed by atoms with E-state index in [9.17, 15) is 4.79 Å². The van der Waals surface area contributed by atoms with Gasteiger partial charge in [-0.25, -0.2) is 0 Å². The summed E-state index contributed by atoms with van der Waals surface area (Å²) in [6.07, 6.45) is 1.33. The molecule has 1 aliphatic heterocycles. The van der Waals surface area contributed by atoms with E-state index in [4.69, 9.17) is 10.5 Å². The van der Waals surface area contributed by atoms with Crippen LogP contribution in [0.25, 0.3) is 0 Å². The first-order valence-electron chi connectivity index (χ1n) is 7.19. The van der Waals surface area contributed by atoms with Crippen molar-refractivity contribution < 1.29 is 9.53 Å². The average molecular weight is 276 g/mol. The third-order valence-corrected chi connectivity index (χ3v) is 3.94. The SMILES string of the molecule is Cc1cc(C)c(CNC[C@@H]2CC[C@@H](C(N)=O)O2)c(C)c1. The molecule has 0 aliphatic carbocycles. The number of hydrogen-bond acceptors (Lipinski definition) is 3. The van der Waals surface area contributed by atoms with Crippen molar-refractivity contribution >= 4 is 5.91 Å². The quantitative estimate of drug-likeness (QED) is 0.861. The maximum absolute atomic E-state index is 11.0. The van der Waals surface area contributed by atoms with Gasteiger partial charge >= 0.3 is 0 Å². The highest BCUT2D eigenvalue weighted by Crippen LogP contribution is 2.19. The molecule has 1 fully saturated rings. The van der Waals surface area contributed by atoms with E-state index in [2.05, 4.69) is 38.2 Å². The van der Waals surface area contributed by atoms with Crippen LogP contribution in [0.15, 0.2) is 12.1 Å². The zero-order valence-corrected chi connectivity index (χ0v) is 12.5. The first-order chi connectivity index (χ1) is 9.47. The van der Waals surface area contributed by atoms with Crippen molar-refractivity contribution in [1.29, 1.82) is 0 Å². The molecule has 0 aromatic heterocycles. The Morgan fingerprint density at radius 3 is 2.50 bits per heavy atom. The topological polar surface area (TPSA) is 64.3 Å². The van der Waals surface area contributed by atoms with Crippen LogP contribution in [0, 0.1) is 20.8 Å². The fourth-order valence-corrected chi connectivity index (χ4v) is 2.91. The van der Waals surface area contributed by atoms with Gasteiger partial charge in [-0.15, -0.1) is 0 Å². The number of aryl methyl sites for hydroxylation is 3. The van der Waals surface area contributed by atoms with Gasteiger partial charge in [0.1, 0.15) is 6.10 Å². The van der Waals surface area contributed by atoms with E-state index in [1.807, 2.05) is 0 Å². The molecule has 1 aromatic carbocycles. The molecule has 4 nitrogen and oxygen atoms in total. The van der Waals surface area contributed by atoms with Gasteiger partial charge in [0.15, 0.2) is 0 Å². The number of carbonyl (C=O) groups excluding carboxylic acids is 1. The summed E-state index contributed by atoms with van der Waals surface area (Å²) in [6.45, 7) is 8.00. The van der Waals surface area contributed by atoms with Crippen molar-refractivity contribution in [3.63, 3.8) is 0 Å². The molecule has 110 valence electrons. The van der Waals surface area contributed by atoms with Gasteiger partial charge in [-0.1, -0.05) is 17.7 Å². The minimum Gasteiger partial charge on any atom is -0.367 e. The van der Waals surface area contributed by atoms with Crippen molar-refractivity contribution in [1.82, 2.24) is 5.32 Å². The van der Waals surface area contributed by atoms with Crippen LogP contribution in [-0.4, -0.2) is 24.7 Å². The number of benzene rings is 1. The minimum absolute atomic E-state index is 0.0959. The molecular weight excluding hydrogens is 252 g/mol. The number of nitrogens with two attached hydrogens (primary N) is 1. The molecule has 1 aliphatic rings. The molecule has 0 spiro atoms. The van der Waals surface area contributed by atoms with Crippen molar-refractivity contribution in [3.8, 4) is 0 Å². The zero-order valence-electron chi connectivity index (χ0n) is 12.5. The van der Waals surface area contributed by atoms with E-state index in [1.54, 1.807) is 0 Å². The summed E-state index contributed by atoms with van der Waals surface area (Å²) in [5, 5.41) is 3.43. The number of carbonyl (C=O) groups is 1. The molecule has 0 saturated carbocycles. The third kappa shape index (κ3) is 3.58. The lowest BCUT2D eigenvalue weighted by Gasteiger charge is -2.15. The second-order valence-corrected chi connectivity index (χ2v) is 5.73. The Kier molecular flexibility index (Phi) is 4.78. The molecule has 3 N–H and O–H groups in total. The highest BCUT2D eigenvalue weighted by molar-refractivity contribution is 5.79. The van der Waals surface area contributed by atoms with Crippen molar-refractivity contribution in [2.75, 3.05) is 6.54 Å². The zero-order chi connectivity index (χ0) is 14.7. The summed E-state index contributed by atoms with van der Waals surface area (Å²) in [5.41, 5.74) is 10.5. The largest absolute Gasteiger partial charge is 0.367 e. The molecule has 0 bridgehead atoms. The summed E-state index contributed by atoms with van der Waals surface area (Å²) in [5.74, 6) is -0.349. The monoisotopic (exact) mass is 276 g/mol. The Morgan fingerprint density at radius 2 is 1.95 bits per heavy atom. The van der Waals surface area contributed by atoms with Gasteiger partial charge in [-0.05, 0) is 50.3 Å². The van der Waals surface area contributed by atoms with Gasteiger partial charge in [-0.2, -0.15) is 0 Å². The highest BCUT2D eigenvalue weighted by atomic mass is 16.5. The number of nitrogens with one attached hydrogen (secondary N) is 1. The lowest BCUT2D eigenvalue weighted by atomic mass is 10.00. The lowest BCUT2D eigenvalue weighted by molar-refractivity contribution is -0.128. The third-order valence-electron chi connectivity index (χ3n) is 3.94. The lowest BCUT2D eigenvalue weighted by Crippen LogP contribution is -2.32. The fourth-order valence-electron chi connectivity index (χ4n) is 2.91. The number of ether oxygens (including phenoxy) is 1. The standard InChI is InChI=1S/C16H24N2O2/c1-10-6-11(2)14(12(3)7-10)9-18-8-13-4-5-15(20-13)16(17)19/h6-7,13,15,18H,4-5,8-9H2,1-3H3,(H2,17,19)/t13-,15-/m0/s1. The van der Waals surface area contributed by atoms with Crippen LogP contribution >= 0.6 is 0 Å². The van der Waals surface area contributed by atoms with Crippen LogP contribution in [-0.2, 0) is 16.1 Å². The molecule has 1 saturated heterocycles. The summed E-state index contributed by atoms with van der Waals surface area (Å²) in [6, 6.07) is 4.42. The van der Waals surface area contributed by atoms with E-state index in [0.29, 0.717) is 0 Å². The van der Waals surface area contributed by atoms with Crippen molar-refractivity contribution in [3.05, 3.63) is 34.4 Å². The van der Waals surface area contributed by atoms with Crippen LogP contribution in [0.3, 0.4) is 0 Å². The maximum atomic E-state index is 11.0. The fraction of sp³-hybridized carbons (Fsp3) is 0.562. The average Bonchev–Trinajstić information content (AvgIpc) is 2.81. The predicted octanol–water partition coefficient (Wildman–Crippen LogP) is 1.73. The van der Waals surface area contributed by atoms with Gasteiger partial charge in [0.25, 0.3) is 0 Å². The van der Waals surface area contributed by atoms with E-state index in [1.165, 1.54) is 22.3 Å². The molecule has 20 heavy (non-hydrogen) atoms. The first-order valence-corrected chi connectivity index (χ1v) is 7.19. The van der Waals surface area contributed by atoms with Gasteiger partial charge < -0.3 is 15.8 Å². The maximum Gasteiger partial charge on any atom is 0.246 e. The molecule has 0 unspecified atom stereocenters. The van der Waals surface area contributed by atoms with E-state index in [-0.39, 0.29) is 12.0 Å². The second-order valence-electron chi connectivity index (χ2n) is 5.73. The van der Waals surface area contributed by atoms with Crippen LogP contribution in [0.2, 0.25) is 0 Å². The molecular formula is C16H24N2O2. The Labute approximate surface area is 120 Å². The van der Waals surface area contributed by atoms with Gasteiger partial charge in [0, 0.05) is 13.1 Å². The molecule has 2 rings (SSSR count). The number of primary amides is 1. The molecule has 1 amide bonds. The van der Waals surface area contributed by atoms with Crippen LogP contribution in [0.5, 0.6) is 0 Å². The smallest absolute Gasteiger partial charge is 0.246 e. The Balaban J connectivity index is 1.84. The Bertz CT molecular complexity index is 476. The molecule has 1 heterocycles.